The zero-order valence-corrected chi connectivity index (χ0v) is 24.6. The van der Waals surface area contributed by atoms with Crippen molar-refractivity contribution >= 4 is 59.5 Å². The molecule has 0 aliphatic carbocycles. The van der Waals surface area contributed by atoms with Gasteiger partial charge in [-0.2, -0.15) is 0 Å². The Bertz CT molecular complexity index is 2210. The molecule has 1 saturated heterocycles. The summed E-state index contributed by atoms with van der Waals surface area (Å²) in [6, 6.07) is 43.1. The van der Waals surface area contributed by atoms with Gasteiger partial charge in [-0.3, -0.25) is 10.3 Å². The monoisotopic (exact) mass is 587 g/mol. The number of benzene rings is 5. The number of dihydropyridines is 1. The van der Waals surface area contributed by atoms with Crippen LogP contribution in [0.15, 0.2) is 150 Å². The Kier molecular flexibility index (Phi) is 5.89. The Balaban J connectivity index is 1.13. The van der Waals surface area contributed by atoms with Crippen molar-refractivity contribution < 1.29 is 0 Å². The van der Waals surface area contributed by atoms with E-state index in [1.807, 2.05) is 17.6 Å². The topological polar surface area (TPSA) is 53.4 Å². The van der Waals surface area contributed by atoms with Gasteiger partial charge >= 0.3 is 0 Å². The van der Waals surface area contributed by atoms with Gasteiger partial charge in [-0.15, -0.1) is 11.3 Å². The summed E-state index contributed by atoms with van der Waals surface area (Å²) in [6.07, 6.45) is 6.17. The van der Waals surface area contributed by atoms with E-state index in [2.05, 4.69) is 154 Å². The highest BCUT2D eigenvalue weighted by atomic mass is 32.1. The second-order valence-electron chi connectivity index (χ2n) is 11.4. The van der Waals surface area contributed by atoms with E-state index in [4.69, 9.17) is 4.99 Å². The number of aliphatic imine (C=N–C) groups is 1. The fourth-order valence-corrected chi connectivity index (χ4v) is 7.76. The van der Waals surface area contributed by atoms with E-state index in [-0.39, 0.29) is 18.5 Å². The van der Waals surface area contributed by atoms with Crippen LogP contribution in [0, 0.1) is 0 Å². The van der Waals surface area contributed by atoms with Crippen molar-refractivity contribution in [1.29, 1.82) is 0 Å². The van der Waals surface area contributed by atoms with Gasteiger partial charge in [0.1, 0.15) is 24.3 Å². The van der Waals surface area contributed by atoms with Gasteiger partial charge in [-0.1, -0.05) is 97.1 Å². The summed E-state index contributed by atoms with van der Waals surface area (Å²) in [4.78, 5) is 5.14. The first-order chi connectivity index (χ1) is 21.8. The molecule has 1 fully saturated rings. The number of nitrogens with zero attached hydrogens (tertiary/aromatic N) is 2. The van der Waals surface area contributed by atoms with Gasteiger partial charge in [0.15, 0.2) is 0 Å². The predicted molar refractivity (Wildman–Crippen MR) is 184 cm³/mol. The molecule has 0 bridgehead atoms. The highest BCUT2D eigenvalue weighted by Gasteiger charge is 2.27. The maximum Gasteiger partial charge on any atom is 0.144 e. The van der Waals surface area contributed by atoms with Gasteiger partial charge < -0.3 is 15.2 Å². The fraction of sp³-hybridized carbons (Fsp3) is 0.0789. The molecule has 44 heavy (non-hydrogen) atoms. The first kappa shape index (κ1) is 25.3. The number of hydrogen-bond acceptors (Lipinski definition) is 5. The third-order valence-electron chi connectivity index (χ3n) is 8.75. The zero-order chi connectivity index (χ0) is 29.0. The average Bonchev–Trinajstić information content (AvgIpc) is 3.62. The van der Waals surface area contributed by atoms with E-state index in [0.717, 1.165) is 11.4 Å². The second kappa shape index (κ2) is 10.2. The van der Waals surface area contributed by atoms with E-state index in [0.29, 0.717) is 0 Å². The van der Waals surface area contributed by atoms with Crippen molar-refractivity contribution in [2.75, 3.05) is 0 Å². The highest BCUT2D eigenvalue weighted by molar-refractivity contribution is 7.25. The first-order valence-corrected chi connectivity index (χ1v) is 15.8. The van der Waals surface area contributed by atoms with Crippen molar-refractivity contribution in [1.82, 2.24) is 20.5 Å². The smallest absolute Gasteiger partial charge is 0.144 e. The minimum Gasteiger partial charge on any atom is -0.352 e. The number of hydrogen-bond donors (Lipinski definition) is 3. The molecule has 5 nitrogen and oxygen atoms in total. The molecule has 5 aromatic carbocycles. The van der Waals surface area contributed by atoms with Gasteiger partial charge in [0, 0.05) is 42.7 Å². The van der Waals surface area contributed by atoms with E-state index in [1.165, 1.54) is 53.1 Å². The maximum absolute atomic E-state index is 5.14. The summed E-state index contributed by atoms with van der Waals surface area (Å²) < 4.78 is 5.00. The van der Waals surface area contributed by atoms with Gasteiger partial charge in [0.2, 0.25) is 0 Å². The molecule has 9 rings (SSSR count). The molecule has 3 N–H and O–H groups in total. The standard InChI is InChI=1S/C38H29N5S/c1-3-11-24(12-4-1)36-40-37(25-13-5-2-6-14-25)42-38(41-36)26-19-20-35(39-23-26)43-31-17-9-7-15-27(31)29-21-30-28-16-8-10-18-33(28)44-34(30)22-32(29)43/h1-23,35-37,40-42H. The summed E-state index contributed by atoms with van der Waals surface area (Å²) in [6.45, 7) is 0. The van der Waals surface area contributed by atoms with Crippen LogP contribution in [0.5, 0.6) is 0 Å². The molecule has 7 aromatic rings. The molecule has 2 aliphatic rings. The molecule has 6 heteroatoms. The zero-order valence-electron chi connectivity index (χ0n) is 23.8. The lowest BCUT2D eigenvalue weighted by molar-refractivity contribution is 0.310. The van der Waals surface area contributed by atoms with Crippen LogP contribution >= 0.6 is 11.3 Å². The molecule has 3 unspecified atom stereocenters. The number of fused-ring (bicyclic) bond motifs is 6. The number of thiophene rings is 1. The van der Waals surface area contributed by atoms with E-state index in [1.54, 1.807) is 0 Å². The quantitative estimate of drug-likeness (QED) is 0.194. The molecule has 2 aliphatic heterocycles. The Labute approximate surface area is 258 Å². The van der Waals surface area contributed by atoms with Crippen molar-refractivity contribution in [2.24, 2.45) is 4.99 Å². The molecular formula is C38H29N5S. The van der Waals surface area contributed by atoms with Crippen molar-refractivity contribution in [2.45, 2.75) is 18.5 Å². The number of aromatic nitrogens is 1. The van der Waals surface area contributed by atoms with Crippen LogP contribution in [0.3, 0.4) is 0 Å². The van der Waals surface area contributed by atoms with E-state index >= 15 is 0 Å². The van der Waals surface area contributed by atoms with Gasteiger partial charge in [0.25, 0.3) is 0 Å². The van der Waals surface area contributed by atoms with Crippen LogP contribution in [-0.2, 0) is 0 Å². The Morgan fingerprint density at radius 2 is 1.25 bits per heavy atom. The van der Waals surface area contributed by atoms with Crippen LogP contribution in [0.4, 0.5) is 0 Å². The van der Waals surface area contributed by atoms with E-state index < -0.39 is 0 Å². The number of para-hydroxylation sites is 1. The summed E-state index contributed by atoms with van der Waals surface area (Å²) in [5.74, 6) is 0.958. The van der Waals surface area contributed by atoms with Crippen molar-refractivity contribution in [3.8, 4) is 0 Å². The Hall–Kier alpha value is -5.17. The van der Waals surface area contributed by atoms with Crippen LogP contribution in [-0.4, -0.2) is 10.8 Å². The average molecular weight is 588 g/mol. The van der Waals surface area contributed by atoms with Crippen LogP contribution in [0.1, 0.15) is 29.6 Å². The minimum absolute atomic E-state index is 0.0502. The second-order valence-corrected chi connectivity index (χ2v) is 12.5. The number of rotatable bonds is 3. The number of nitrogens with one attached hydrogen (secondary N) is 3. The third kappa shape index (κ3) is 4.14. The van der Waals surface area contributed by atoms with Gasteiger partial charge in [0.05, 0.1) is 11.0 Å². The van der Waals surface area contributed by atoms with E-state index in [9.17, 15) is 0 Å². The Morgan fingerprint density at radius 1 is 0.591 bits per heavy atom. The molecular weight excluding hydrogens is 559 g/mol. The minimum atomic E-state index is -0.148. The fourth-order valence-electron chi connectivity index (χ4n) is 6.64. The highest BCUT2D eigenvalue weighted by Crippen LogP contribution is 2.41. The normalized spacial score (nSPS) is 20.0. The molecule has 3 atom stereocenters. The summed E-state index contributed by atoms with van der Waals surface area (Å²) >= 11 is 1.86. The molecule has 2 aromatic heterocycles. The summed E-state index contributed by atoms with van der Waals surface area (Å²) in [7, 11) is 0. The van der Waals surface area contributed by atoms with Gasteiger partial charge in [-0.05, 0) is 47.5 Å². The molecule has 0 spiro atoms. The Morgan fingerprint density at radius 3 is 1.95 bits per heavy atom. The molecule has 0 amide bonds. The van der Waals surface area contributed by atoms with Crippen molar-refractivity contribution in [3.63, 3.8) is 0 Å². The number of allylic oxidation sites excluding steroid dienone is 2. The van der Waals surface area contributed by atoms with Crippen molar-refractivity contribution in [3.05, 3.63) is 156 Å². The van der Waals surface area contributed by atoms with Crippen LogP contribution in [0.25, 0.3) is 42.0 Å². The lowest BCUT2D eigenvalue weighted by atomic mass is 10.1. The largest absolute Gasteiger partial charge is 0.352 e. The lowest BCUT2D eigenvalue weighted by Gasteiger charge is -2.37. The molecule has 0 radical (unpaired) electrons. The summed E-state index contributed by atoms with van der Waals surface area (Å²) in [5.41, 5.74) is 5.79. The van der Waals surface area contributed by atoms with Gasteiger partial charge in [-0.25, -0.2) is 0 Å². The molecule has 0 saturated carbocycles. The molecule has 4 heterocycles. The first-order valence-electron chi connectivity index (χ1n) is 15.0. The SMILES string of the molecule is C1=CC(n2c3ccccc3c3cc4c(cc32)sc2ccccc24)N=CC1=C1NC(c2ccccc2)NC(c2ccccc2)N1. The summed E-state index contributed by atoms with van der Waals surface area (Å²) in [5, 5.41) is 16.3. The molecule has 212 valence electrons. The predicted octanol–water partition coefficient (Wildman–Crippen LogP) is 8.69. The van der Waals surface area contributed by atoms with Crippen LogP contribution in [0.2, 0.25) is 0 Å². The van der Waals surface area contributed by atoms with Crippen LogP contribution < -0.4 is 16.0 Å². The maximum atomic E-state index is 5.14. The third-order valence-corrected chi connectivity index (χ3v) is 9.89. The lowest BCUT2D eigenvalue weighted by Crippen LogP contribution is -2.51.